The number of quaternary nitrogens is 1. The smallest absolute Gasteiger partial charge is 0.353 e. The van der Waals surface area contributed by atoms with E-state index < -0.39 is 5.97 Å². The Morgan fingerprint density at radius 3 is 2.80 bits per heavy atom. The van der Waals surface area contributed by atoms with Gasteiger partial charge in [0.25, 0.3) is 0 Å². The van der Waals surface area contributed by atoms with Gasteiger partial charge in [0, 0.05) is 25.2 Å². The number of carboxylic acid groups (broad SMARTS) is 1. The molecule has 0 atom stereocenters. The summed E-state index contributed by atoms with van der Waals surface area (Å²) in [4.78, 5) is 10.3. The van der Waals surface area contributed by atoms with Crippen LogP contribution in [0.1, 0.15) is 12.8 Å². The fraction of sp³-hybridized carbons (Fsp3) is 0.600. The van der Waals surface area contributed by atoms with Crippen LogP contribution in [-0.4, -0.2) is 36.5 Å². The fourth-order valence-electron chi connectivity index (χ4n) is 1.49. The minimum atomic E-state index is -1.19. The first-order valence-electron chi connectivity index (χ1n) is 5.09. The van der Waals surface area contributed by atoms with Crippen LogP contribution in [0.5, 0.6) is 0 Å². The Morgan fingerprint density at radius 2 is 2.20 bits per heavy atom. The van der Waals surface area contributed by atoms with Crippen molar-refractivity contribution in [2.75, 3.05) is 19.8 Å². The molecule has 1 rings (SSSR count). The molecular formula is C10H17N2O3+. The standard InChI is InChI=1S/C10H16N2O3/c11-9(10(13)14)1-4-12-7-8-2-5-15-6-3-8/h1,4,8,11-12H,2-3,5-7H2,(H,13,14)/p+1. The molecule has 0 aromatic carbocycles. The molecule has 1 saturated heterocycles. The first-order valence-corrected chi connectivity index (χ1v) is 5.09. The minimum absolute atomic E-state index is 0.377. The summed E-state index contributed by atoms with van der Waals surface area (Å²) in [6, 6.07) is 0. The van der Waals surface area contributed by atoms with Crippen LogP contribution in [0.15, 0.2) is 12.3 Å². The second-order valence-electron chi connectivity index (χ2n) is 3.61. The van der Waals surface area contributed by atoms with Crippen molar-refractivity contribution < 1.29 is 20.0 Å². The van der Waals surface area contributed by atoms with E-state index in [1.54, 1.807) is 6.20 Å². The largest absolute Gasteiger partial charge is 0.477 e. The molecule has 0 unspecified atom stereocenters. The molecule has 1 heterocycles. The van der Waals surface area contributed by atoms with Crippen molar-refractivity contribution in [3.63, 3.8) is 0 Å². The molecule has 0 spiro atoms. The number of nitrogens with one attached hydrogen (secondary N) is 1. The second-order valence-corrected chi connectivity index (χ2v) is 3.61. The van der Waals surface area contributed by atoms with E-state index in [-0.39, 0.29) is 5.71 Å². The number of carboxylic acids is 1. The molecule has 0 aromatic heterocycles. The number of hydrogen-bond acceptors (Lipinski definition) is 3. The lowest BCUT2D eigenvalue weighted by Gasteiger charge is -2.19. The Hall–Kier alpha value is -1.20. The Morgan fingerprint density at radius 1 is 1.53 bits per heavy atom. The van der Waals surface area contributed by atoms with Crippen LogP contribution in [0.25, 0.3) is 0 Å². The fourth-order valence-corrected chi connectivity index (χ4v) is 1.49. The molecule has 1 fully saturated rings. The van der Waals surface area contributed by atoms with Crippen molar-refractivity contribution in [1.82, 2.24) is 0 Å². The van der Waals surface area contributed by atoms with E-state index >= 15 is 0 Å². The molecular weight excluding hydrogens is 196 g/mol. The average Bonchev–Trinajstić information content (AvgIpc) is 2.25. The van der Waals surface area contributed by atoms with Gasteiger partial charge in [0.2, 0.25) is 0 Å². The third-order valence-corrected chi connectivity index (χ3v) is 2.44. The summed E-state index contributed by atoms with van der Waals surface area (Å²) in [5.74, 6) is -0.548. The highest BCUT2D eigenvalue weighted by Crippen LogP contribution is 2.11. The number of carbonyl (C=O) groups is 1. The van der Waals surface area contributed by atoms with Crippen LogP contribution >= 0.6 is 0 Å². The summed E-state index contributed by atoms with van der Waals surface area (Å²) in [6.07, 6.45) is 5.09. The van der Waals surface area contributed by atoms with E-state index in [0.29, 0.717) is 5.92 Å². The third-order valence-electron chi connectivity index (χ3n) is 2.44. The lowest BCUT2D eigenvalue weighted by Crippen LogP contribution is -2.79. The molecule has 4 N–H and O–H groups in total. The van der Waals surface area contributed by atoms with Gasteiger partial charge in [-0.05, 0) is 12.8 Å². The Bertz CT molecular complexity index is 257. The van der Waals surface area contributed by atoms with Crippen molar-refractivity contribution >= 4 is 11.7 Å². The quantitative estimate of drug-likeness (QED) is 0.543. The summed E-state index contributed by atoms with van der Waals surface area (Å²) in [5, 5.41) is 17.4. The Kier molecular flexibility index (Phi) is 5.00. The SMILES string of the molecule is N=C(C=C[NH2+]CC1CCOCC1)C(=O)O. The lowest BCUT2D eigenvalue weighted by molar-refractivity contribution is -0.595. The summed E-state index contributed by atoms with van der Waals surface area (Å²) in [7, 11) is 0. The zero-order chi connectivity index (χ0) is 11.1. The van der Waals surface area contributed by atoms with Crippen LogP contribution in [0.2, 0.25) is 0 Å². The van der Waals surface area contributed by atoms with Gasteiger partial charge in [-0.25, -0.2) is 4.79 Å². The van der Waals surface area contributed by atoms with Crippen LogP contribution in [0, 0.1) is 11.3 Å². The topological polar surface area (TPSA) is 87.0 Å². The molecule has 0 saturated carbocycles. The van der Waals surface area contributed by atoms with Crippen molar-refractivity contribution in [3.05, 3.63) is 12.3 Å². The van der Waals surface area contributed by atoms with Gasteiger partial charge in [0.15, 0.2) is 0 Å². The maximum absolute atomic E-state index is 10.3. The highest BCUT2D eigenvalue weighted by atomic mass is 16.5. The molecule has 5 nitrogen and oxygen atoms in total. The first kappa shape index (κ1) is 11.9. The molecule has 1 aliphatic rings. The molecule has 84 valence electrons. The van der Waals surface area contributed by atoms with E-state index in [0.717, 1.165) is 32.6 Å². The maximum atomic E-state index is 10.3. The normalized spacial score (nSPS) is 18.1. The van der Waals surface area contributed by atoms with Crippen molar-refractivity contribution in [1.29, 1.82) is 5.41 Å². The number of rotatable bonds is 5. The van der Waals surface area contributed by atoms with E-state index in [4.69, 9.17) is 15.3 Å². The van der Waals surface area contributed by atoms with Gasteiger partial charge in [0.1, 0.15) is 5.71 Å². The van der Waals surface area contributed by atoms with Gasteiger partial charge in [-0.3, -0.25) is 5.41 Å². The molecule has 1 aliphatic heterocycles. The average molecular weight is 213 g/mol. The molecule has 0 radical (unpaired) electrons. The number of nitrogens with two attached hydrogens (primary N) is 1. The Labute approximate surface area is 88.6 Å². The van der Waals surface area contributed by atoms with E-state index in [1.807, 2.05) is 5.32 Å². The van der Waals surface area contributed by atoms with Gasteiger partial charge >= 0.3 is 5.97 Å². The van der Waals surface area contributed by atoms with Gasteiger partial charge in [0.05, 0.1) is 12.7 Å². The monoisotopic (exact) mass is 213 g/mol. The number of aliphatic carboxylic acids is 1. The molecule has 5 heteroatoms. The number of ether oxygens (including phenoxy) is 1. The summed E-state index contributed by atoms with van der Waals surface area (Å²) in [5.41, 5.74) is -0.377. The van der Waals surface area contributed by atoms with Crippen LogP contribution in [-0.2, 0) is 9.53 Å². The van der Waals surface area contributed by atoms with E-state index in [1.165, 1.54) is 6.08 Å². The molecule has 0 aromatic rings. The van der Waals surface area contributed by atoms with Crippen LogP contribution in [0.3, 0.4) is 0 Å². The highest BCUT2D eigenvalue weighted by molar-refractivity contribution is 6.38. The lowest BCUT2D eigenvalue weighted by atomic mass is 10.0. The molecule has 0 bridgehead atoms. The molecule has 0 aliphatic carbocycles. The summed E-state index contributed by atoms with van der Waals surface area (Å²) < 4.78 is 5.23. The van der Waals surface area contributed by atoms with Gasteiger partial charge in [-0.2, -0.15) is 0 Å². The van der Waals surface area contributed by atoms with Crippen LogP contribution in [0.4, 0.5) is 0 Å². The molecule has 15 heavy (non-hydrogen) atoms. The van der Waals surface area contributed by atoms with Gasteiger partial charge < -0.3 is 15.2 Å². The first-order chi connectivity index (χ1) is 7.20. The predicted molar refractivity (Wildman–Crippen MR) is 54.8 cm³/mol. The summed E-state index contributed by atoms with van der Waals surface area (Å²) >= 11 is 0. The minimum Gasteiger partial charge on any atom is -0.477 e. The van der Waals surface area contributed by atoms with E-state index in [9.17, 15) is 4.79 Å². The van der Waals surface area contributed by atoms with Gasteiger partial charge in [-0.15, -0.1) is 0 Å². The van der Waals surface area contributed by atoms with Crippen LogP contribution < -0.4 is 5.32 Å². The predicted octanol–water partition coefficient (Wildman–Crippen LogP) is -0.406. The Balaban J connectivity index is 2.14. The van der Waals surface area contributed by atoms with Crippen molar-refractivity contribution in [2.24, 2.45) is 5.92 Å². The van der Waals surface area contributed by atoms with Gasteiger partial charge in [-0.1, -0.05) is 0 Å². The molecule has 0 amide bonds. The van der Waals surface area contributed by atoms with Crippen molar-refractivity contribution in [2.45, 2.75) is 12.8 Å². The third kappa shape index (κ3) is 4.71. The number of hydrogen-bond donors (Lipinski definition) is 3. The van der Waals surface area contributed by atoms with E-state index in [2.05, 4.69) is 0 Å². The zero-order valence-corrected chi connectivity index (χ0v) is 8.61. The second kappa shape index (κ2) is 6.31. The maximum Gasteiger partial charge on any atom is 0.353 e. The zero-order valence-electron chi connectivity index (χ0n) is 8.61. The van der Waals surface area contributed by atoms with Crippen molar-refractivity contribution in [3.8, 4) is 0 Å². The highest BCUT2D eigenvalue weighted by Gasteiger charge is 2.14. The summed E-state index contributed by atoms with van der Waals surface area (Å²) in [6.45, 7) is 2.59.